The van der Waals surface area contributed by atoms with E-state index >= 15 is 0 Å². The van der Waals surface area contributed by atoms with Crippen LogP contribution in [-0.4, -0.2) is 39.2 Å². The number of hydrogen-bond donors (Lipinski definition) is 1. The van der Waals surface area contributed by atoms with Gasteiger partial charge in [0, 0.05) is 25.8 Å². The van der Waals surface area contributed by atoms with Crippen molar-refractivity contribution in [3.8, 4) is 0 Å². The molecule has 0 aliphatic heterocycles. The van der Waals surface area contributed by atoms with Crippen molar-refractivity contribution < 1.29 is 19.1 Å². The molecule has 0 atom stereocenters. The number of amides is 1. The average Bonchev–Trinajstić information content (AvgIpc) is 2.42. The number of nitrogens with one attached hydrogen (secondary N) is 1. The molecule has 1 aromatic rings. The molecule has 5 heteroatoms. The number of benzene rings is 1. The summed E-state index contributed by atoms with van der Waals surface area (Å²) < 4.78 is 9.48. The highest BCUT2D eigenvalue weighted by Crippen LogP contribution is 2.06. The Kier molecular flexibility index (Phi) is 5.87. The van der Waals surface area contributed by atoms with E-state index in [0.29, 0.717) is 24.3 Å². The van der Waals surface area contributed by atoms with Gasteiger partial charge in [-0.2, -0.15) is 0 Å². The lowest BCUT2D eigenvalue weighted by molar-refractivity contribution is 0.0600. The van der Waals surface area contributed by atoms with Gasteiger partial charge in [-0.05, 0) is 24.6 Å². The molecule has 0 heterocycles. The van der Waals surface area contributed by atoms with E-state index in [2.05, 4.69) is 10.1 Å². The molecule has 0 unspecified atom stereocenters. The molecule has 0 aromatic heterocycles. The molecule has 1 rings (SSSR count). The van der Waals surface area contributed by atoms with Gasteiger partial charge in [0.05, 0.1) is 12.7 Å². The monoisotopic (exact) mass is 251 g/mol. The van der Waals surface area contributed by atoms with Crippen LogP contribution in [0, 0.1) is 0 Å². The molecule has 5 nitrogen and oxygen atoms in total. The van der Waals surface area contributed by atoms with Gasteiger partial charge in [0.15, 0.2) is 0 Å². The second-order valence-electron chi connectivity index (χ2n) is 3.67. The van der Waals surface area contributed by atoms with Crippen molar-refractivity contribution in [2.24, 2.45) is 0 Å². The number of carbonyl (C=O) groups is 2. The molecular weight excluding hydrogens is 234 g/mol. The molecule has 0 saturated heterocycles. The van der Waals surface area contributed by atoms with Crippen LogP contribution in [0.1, 0.15) is 27.1 Å². The van der Waals surface area contributed by atoms with Crippen LogP contribution in [0.2, 0.25) is 0 Å². The predicted octanol–water partition coefficient (Wildman–Crippen LogP) is 1.24. The molecule has 1 amide bonds. The number of hydrogen-bond acceptors (Lipinski definition) is 4. The first-order valence-corrected chi connectivity index (χ1v) is 5.64. The summed E-state index contributed by atoms with van der Waals surface area (Å²) in [5.74, 6) is -0.666. The Balaban J connectivity index is 2.60. The Labute approximate surface area is 106 Å². The first kappa shape index (κ1) is 14.2. The fraction of sp³-hybridized carbons (Fsp3) is 0.385. The number of esters is 1. The first-order valence-electron chi connectivity index (χ1n) is 5.64. The van der Waals surface area contributed by atoms with Gasteiger partial charge in [-0.25, -0.2) is 4.79 Å². The standard InChI is InChI=1S/C13H17NO4/c1-17-8-4-7-14-12(15)10-5-3-6-11(9-10)13(16)18-2/h3,5-6,9H,4,7-8H2,1-2H3,(H,14,15). The van der Waals surface area contributed by atoms with Crippen LogP contribution in [0.5, 0.6) is 0 Å². The lowest BCUT2D eigenvalue weighted by Gasteiger charge is -2.06. The van der Waals surface area contributed by atoms with E-state index in [1.807, 2.05) is 0 Å². The first-order chi connectivity index (χ1) is 8.69. The van der Waals surface area contributed by atoms with Crippen molar-refractivity contribution >= 4 is 11.9 Å². The summed E-state index contributed by atoms with van der Waals surface area (Å²) in [6, 6.07) is 6.42. The molecule has 0 bridgehead atoms. The molecule has 0 aliphatic carbocycles. The minimum atomic E-state index is -0.455. The Hall–Kier alpha value is -1.88. The molecule has 98 valence electrons. The lowest BCUT2D eigenvalue weighted by atomic mass is 10.1. The lowest BCUT2D eigenvalue weighted by Crippen LogP contribution is -2.25. The SMILES string of the molecule is COCCCNC(=O)c1cccc(C(=O)OC)c1. The van der Waals surface area contributed by atoms with E-state index in [1.165, 1.54) is 13.2 Å². The van der Waals surface area contributed by atoms with Gasteiger partial charge >= 0.3 is 5.97 Å². The topological polar surface area (TPSA) is 64.6 Å². The largest absolute Gasteiger partial charge is 0.465 e. The summed E-state index contributed by atoms with van der Waals surface area (Å²) in [5, 5.41) is 2.75. The maximum absolute atomic E-state index is 11.8. The summed E-state index contributed by atoms with van der Waals surface area (Å²) >= 11 is 0. The highest BCUT2D eigenvalue weighted by molar-refractivity contribution is 5.97. The van der Waals surface area contributed by atoms with E-state index in [-0.39, 0.29) is 5.91 Å². The third kappa shape index (κ3) is 4.18. The van der Waals surface area contributed by atoms with E-state index in [0.717, 1.165) is 6.42 Å². The van der Waals surface area contributed by atoms with Gasteiger partial charge in [-0.3, -0.25) is 4.79 Å². The zero-order valence-corrected chi connectivity index (χ0v) is 10.6. The van der Waals surface area contributed by atoms with Gasteiger partial charge in [0.1, 0.15) is 0 Å². The highest BCUT2D eigenvalue weighted by atomic mass is 16.5. The molecule has 0 spiro atoms. The fourth-order valence-corrected chi connectivity index (χ4v) is 1.43. The van der Waals surface area contributed by atoms with Crippen LogP contribution in [0.4, 0.5) is 0 Å². The summed E-state index contributed by atoms with van der Waals surface area (Å²) in [5.41, 5.74) is 0.803. The van der Waals surface area contributed by atoms with Gasteiger partial charge in [-0.15, -0.1) is 0 Å². The minimum absolute atomic E-state index is 0.211. The fourth-order valence-electron chi connectivity index (χ4n) is 1.43. The van der Waals surface area contributed by atoms with Gasteiger partial charge in [-0.1, -0.05) is 6.07 Å². The maximum atomic E-state index is 11.8. The normalized spacial score (nSPS) is 9.89. The summed E-state index contributed by atoms with van der Waals surface area (Å²) in [7, 11) is 2.92. The van der Waals surface area contributed by atoms with E-state index in [1.54, 1.807) is 25.3 Å². The third-order valence-corrected chi connectivity index (χ3v) is 2.36. The Morgan fingerprint density at radius 1 is 1.22 bits per heavy atom. The van der Waals surface area contributed by atoms with E-state index in [9.17, 15) is 9.59 Å². The minimum Gasteiger partial charge on any atom is -0.465 e. The predicted molar refractivity (Wildman–Crippen MR) is 66.6 cm³/mol. The van der Waals surface area contributed by atoms with Crippen molar-refractivity contribution in [3.05, 3.63) is 35.4 Å². The molecule has 1 aromatic carbocycles. The number of methoxy groups -OCH3 is 2. The van der Waals surface area contributed by atoms with Crippen LogP contribution in [0.15, 0.2) is 24.3 Å². The van der Waals surface area contributed by atoms with E-state index < -0.39 is 5.97 Å². The Morgan fingerprint density at radius 3 is 2.61 bits per heavy atom. The van der Waals surface area contributed by atoms with Crippen molar-refractivity contribution in [2.45, 2.75) is 6.42 Å². The molecule has 0 saturated carbocycles. The number of ether oxygens (including phenoxy) is 2. The smallest absolute Gasteiger partial charge is 0.337 e. The second kappa shape index (κ2) is 7.45. The molecule has 0 fully saturated rings. The highest BCUT2D eigenvalue weighted by Gasteiger charge is 2.09. The van der Waals surface area contributed by atoms with Crippen LogP contribution in [0.25, 0.3) is 0 Å². The van der Waals surface area contributed by atoms with Gasteiger partial charge < -0.3 is 14.8 Å². The average molecular weight is 251 g/mol. The van der Waals surface area contributed by atoms with Crippen molar-refractivity contribution in [1.29, 1.82) is 0 Å². The van der Waals surface area contributed by atoms with E-state index in [4.69, 9.17) is 4.74 Å². The Bertz CT molecular complexity index is 417. The van der Waals surface area contributed by atoms with Crippen molar-refractivity contribution in [2.75, 3.05) is 27.4 Å². The Morgan fingerprint density at radius 2 is 1.94 bits per heavy atom. The molecule has 0 radical (unpaired) electrons. The molecular formula is C13H17NO4. The van der Waals surface area contributed by atoms with Crippen molar-refractivity contribution in [3.63, 3.8) is 0 Å². The summed E-state index contributed by atoms with van der Waals surface area (Å²) in [6.45, 7) is 1.14. The maximum Gasteiger partial charge on any atom is 0.337 e. The summed E-state index contributed by atoms with van der Waals surface area (Å²) in [4.78, 5) is 23.1. The van der Waals surface area contributed by atoms with Crippen LogP contribution in [0.3, 0.4) is 0 Å². The van der Waals surface area contributed by atoms with Gasteiger partial charge in [0.2, 0.25) is 0 Å². The quantitative estimate of drug-likeness (QED) is 0.610. The van der Waals surface area contributed by atoms with Gasteiger partial charge in [0.25, 0.3) is 5.91 Å². The van der Waals surface area contributed by atoms with Crippen LogP contribution < -0.4 is 5.32 Å². The summed E-state index contributed by atoms with van der Waals surface area (Å²) in [6.07, 6.45) is 0.749. The molecule has 0 aliphatic rings. The third-order valence-electron chi connectivity index (χ3n) is 2.36. The van der Waals surface area contributed by atoms with Crippen LogP contribution in [-0.2, 0) is 9.47 Å². The van der Waals surface area contributed by atoms with Crippen LogP contribution >= 0.6 is 0 Å². The number of rotatable bonds is 6. The molecule has 1 N–H and O–H groups in total. The molecule has 18 heavy (non-hydrogen) atoms. The second-order valence-corrected chi connectivity index (χ2v) is 3.67. The van der Waals surface area contributed by atoms with Crippen molar-refractivity contribution in [1.82, 2.24) is 5.32 Å². The zero-order chi connectivity index (χ0) is 13.4. The number of carbonyl (C=O) groups excluding carboxylic acids is 2. The zero-order valence-electron chi connectivity index (χ0n) is 10.6.